The van der Waals surface area contributed by atoms with Crippen LogP contribution in [-0.4, -0.2) is 87.9 Å². The van der Waals surface area contributed by atoms with Gasteiger partial charge in [-0.1, -0.05) is 48.5 Å². The number of sulfonamides is 1. The fourth-order valence-corrected chi connectivity index (χ4v) is 7.04. The Balaban J connectivity index is 1.33. The van der Waals surface area contributed by atoms with Crippen LogP contribution >= 0.6 is 7.75 Å². The minimum Gasteiger partial charge on any atom is -0.460 e. The molecule has 6 atom stereocenters. The van der Waals surface area contributed by atoms with Crippen LogP contribution in [0.3, 0.4) is 0 Å². The zero-order valence-corrected chi connectivity index (χ0v) is 28.1. The molecule has 258 valence electrons. The van der Waals surface area contributed by atoms with Crippen molar-refractivity contribution in [2.75, 3.05) is 24.9 Å². The van der Waals surface area contributed by atoms with E-state index >= 15 is 0 Å². The first-order chi connectivity index (χ1) is 22.7. The molecule has 4 N–H and O–H groups in total. The fraction of sp³-hybridized carbons (Fsp3) is 0.379. The molecule has 4 aromatic rings. The molecule has 17 nitrogen and oxygen atoms in total. The maximum atomic E-state index is 14.0. The minimum absolute atomic E-state index is 0.00514. The summed E-state index contributed by atoms with van der Waals surface area (Å²) >= 11 is 0. The van der Waals surface area contributed by atoms with Gasteiger partial charge in [0.1, 0.15) is 42.5 Å². The summed E-state index contributed by atoms with van der Waals surface area (Å²) in [4.78, 5) is 27.7. The minimum atomic E-state index is -4.35. The Morgan fingerprint density at radius 3 is 2.48 bits per heavy atom. The predicted molar refractivity (Wildman–Crippen MR) is 172 cm³/mol. The SMILES string of the molecule is C[C@H](NP(=O)(OC[C@H]1O[C@@H](n2cnc3c(N(C)NS(C)(=O)=O)ncnc32)[C@](C)(O)C1O)Oc1ccccc1)C(=O)OCc1ccccc1. The van der Waals surface area contributed by atoms with Gasteiger partial charge in [0.15, 0.2) is 23.2 Å². The van der Waals surface area contributed by atoms with Crippen LogP contribution in [0, 0.1) is 0 Å². The van der Waals surface area contributed by atoms with E-state index in [9.17, 15) is 28.0 Å². The van der Waals surface area contributed by atoms with Crippen molar-refractivity contribution in [3.63, 3.8) is 0 Å². The van der Waals surface area contributed by atoms with Gasteiger partial charge in [0.25, 0.3) is 0 Å². The topological polar surface area (TPSA) is 217 Å². The quantitative estimate of drug-likeness (QED) is 0.0834. The first-order valence-corrected chi connectivity index (χ1v) is 18.0. The van der Waals surface area contributed by atoms with Crippen molar-refractivity contribution in [1.82, 2.24) is 29.4 Å². The van der Waals surface area contributed by atoms with Crippen molar-refractivity contribution in [1.29, 1.82) is 0 Å². The van der Waals surface area contributed by atoms with Gasteiger partial charge in [-0.15, -0.1) is 4.83 Å². The summed E-state index contributed by atoms with van der Waals surface area (Å²) < 4.78 is 61.7. The molecule has 2 aromatic carbocycles. The van der Waals surface area contributed by atoms with Crippen molar-refractivity contribution < 1.29 is 46.5 Å². The summed E-state index contributed by atoms with van der Waals surface area (Å²) in [6.07, 6.45) is -0.671. The number of nitrogens with zero attached hydrogens (tertiary/aromatic N) is 5. The molecule has 1 fully saturated rings. The van der Waals surface area contributed by atoms with Crippen molar-refractivity contribution in [3.05, 3.63) is 78.9 Å². The molecule has 0 amide bonds. The summed E-state index contributed by atoms with van der Waals surface area (Å²) in [6, 6.07) is 16.0. The second-order valence-electron chi connectivity index (χ2n) is 11.3. The second kappa shape index (κ2) is 14.2. The lowest BCUT2D eigenvalue weighted by Crippen LogP contribution is -2.44. The van der Waals surface area contributed by atoms with Crippen LogP contribution in [0.1, 0.15) is 25.6 Å². The standard InChI is InChI=1S/C29H36N7O10PS/c1-19(27(38)43-15-20-11-7-5-8-12-20)33-47(40,46-21-13-9-6-10-14-21)44-16-22-24(37)29(2,39)28(45-22)36-18-32-23-25(30-17-31-26(23)36)35(3)34-48(4,41)42/h5-14,17-19,22,24,28,34,37,39H,15-16H2,1-4H3,(H,33,40)/t19-,22+,24?,28+,29+,47?/m0/s1. The molecule has 1 saturated heterocycles. The van der Waals surface area contributed by atoms with E-state index < -0.39 is 60.4 Å². The molecular formula is C29H36N7O10PS. The number of aliphatic hydroxyl groups excluding tert-OH is 1. The zero-order chi connectivity index (χ0) is 34.7. The molecule has 48 heavy (non-hydrogen) atoms. The average Bonchev–Trinajstić information content (AvgIpc) is 3.56. The number of aliphatic hydroxyl groups is 2. The van der Waals surface area contributed by atoms with Crippen LogP contribution in [0.4, 0.5) is 5.82 Å². The third-order valence-corrected chi connectivity index (χ3v) is 9.52. The van der Waals surface area contributed by atoms with E-state index in [0.717, 1.165) is 16.8 Å². The number of para-hydroxylation sites is 1. The highest BCUT2D eigenvalue weighted by molar-refractivity contribution is 7.88. The van der Waals surface area contributed by atoms with Gasteiger partial charge in [-0.05, 0) is 31.5 Å². The molecule has 2 unspecified atom stereocenters. The molecule has 19 heteroatoms. The van der Waals surface area contributed by atoms with E-state index in [1.165, 1.54) is 38.1 Å². The number of esters is 1. The molecule has 0 spiro atoms. The Kier molecular flexibility index (Phi) is 10.5. The number of carbonyl (C=O) groups excluding carboxylic acids is 1. The summed E-state index contributed by atoms with van der Waals surface area (Å²) in [5, 5.41) is 26.3. The van der Waals surface area contributed by atoms with Gasteiger partial charge >= 0.3 is 13.7 Å². The van der Waals surface area contributed by atoms with Gasteiger partial charge in [-0.3, -0.25) is 18.9 Å². The number of rotatable bonds is 14. The van der Waals surface area contributed by atoms with Gasteiger partial charge in [-0.25, -0.2) is 27.9 Å². The number of hydrogen-bond donors (Lipinski definition) is 4. The van der Waals surface area contributed by atoms with E-state index in [-0.39, 0.29) is 29.3 Å². The van der Waals surface area contributed by atoms with Crippen LogP contribution in [0.25, 0.3) is 11.2 Å². The van der Waals surface area contributed by atoms with Crippen LogP contribution < -0.4 is 19.5 Å². The van der Waals surface area contributed by atoms with Crippen LogP contribution in [-0.2, 0) is 40.0 Å². The summed E-state index contributed by atoms with van der Waals surface area (Å²) in [7, 11) is -6.56. The highest BCUT2D eigenvalue weighted by atomic mass is 32.2. The van der Waals surface area contributed by atoms with Gasteiger partial charge in [-0.2, -0.15) is 5.09 Å². The predicted octanol–water partition coefficient (Wildman–Crippen LogP) is 1.66. The van der Waals surface area contributed by atoms with Crippen LogP contribution in [0.15, 0.2) is 73.3 Å². The molecule has 0 saturated carbocycles. The largest absolute Gasteiger partial charge is 0.460 e. The van der Waals surface area contributed by atoms with Gasteiger partial charge in [0.05, 0.1) is 19.2 Å². The number of aromatic nitrogens is 4. The Labute approximate surface area is 276 Å². The van der Waals surface area contributed by atoms with Crippen LogP contribution in [0.2, 0.25) is 0 Å². The van der Waals surface area contributed by atoms with E-state index in [1.54, 1.807) is 54.6 Å². The lowest BCUT2D eigenvalue weighted by atomic mass is 9.96. The summed E-state index contributed by atoms with van der Waals surface area (Å²) in [6.45, 7) is 2.21. The third kappa shape index (κ3) is 8.16. The number of imidazole rings is 1. The Bertz CT molecular complexity index is 1880. The van der Waals surface area contributed by atoms with E-state index in [4.69, 9.17) is 18.5 Å². The van der Waals surface area contributed by atoms with E-state index in [0.29, 0.717) is 0 Å². The number of carbonyl (C=O) groups is 1. The summed E-state index contributed by atoms with van der Waals surface area (Å²) in [5.41, 5.74) is -0.861. The monoisotopic (exact) mass is 705 g/mol. The number of ether oxygens (including phenoxy) is 2. The lowest BCUT2D eigenvalue weighted by Gasteiger charge is -2.27. The lowest BCUT2D eigenvalue weighted by molar-refractivity contribution is -0.146. The Hall–Kier alpha value is -4.00. The molecule has 0 radical (unpaired) electrons. The molecule has 1 aliphatic heterocycles. The first-order valence-electron chi connectivity index (χ1n) is 14.6. The highest BCUT2D eigenvalue weighted by Crippen LogP contribution is 2.47. The number of hydrazine groups is 1. The first kappa shape index (κ1) is 35.3. The number of benzene rings is 2. The van der Waals surface area contributed by atoms with Gasteiger partial charge in [0, 0.05) is 7.05 Å². The molecule has 1 aliphatic rings. The Morgan fingerprint density at radius 1 is 1.15 bits per heavy atom. The number of anilines is 1. The molecule has 5 rings (SSSR count). The van der Waals surface area contributed by atoms with Gasteiger partial charge < -0.3 is 24.2 Å². The molecule has 3 heterocycles. The van der Waals surface area contributed by atoms with E-state index in [1.807, 2.05) is 6.07 Å². The van der Waals surface area contributed by atoms with Gasteiger partial charge in [0.2, 0.25) is 10.0 Å². The zero-order valence-electron chi connectivity index (χ0n) is 26.4. The van der Waals surface area contributed by atoms with Crippen molar-refractivity contribution in [2.45, 2.75) is 50.5 Å². The van der Waals surface area contributed by atoms with Crippen molar-refractivity contribution in [2.24, 2.45) is 0 Å². The summed E-state index contributed by atoms with van der Waals surface area (Å²) in [5.74, 6) is -0.430. The maximum Gasteiger partial charge on any atom is 0.459 e. The maximum absolute atomic E-state index is 14.0. The number of hydrogen-bond acceptors (Lipinski definition) is 14. The molecule has 0 bridgehead atoms. The molecule has 0 aliphatic carbocycles. The molecular weight excluding hydrogens is 669 g/mol. The number of fused-ring (bicyclic) bond motifs is 1. The van der Waals surface area contributed by atoms with Crippen molar-refractivity contribution >= 4 is 40.7 Å². The Morgan fingerprint density at radius 2 is 1.81 bits per heavy atom. The fourth-order valence-electron chi connectivity index (χ4n) is 4.95. The molecule has 2 aromatic heterocycles. The van der Waals surface area contributed by atoms with Crippen LogP contribution in [0.5, 0.6) is 5.75 Å². The highest BCUT2D eigenvalue weighted by Gasteiger charge is 2.54. The smallest absolute Gasteiger partial charge is 0.459 e. The number of nitrogens with one attached hydrogen (secondary N) is 2. The average molecular weight is 706 g/mol. The third-order valence-electron chi connectivity index (χ3n) is 7.27. The van der Waals surface area contributed by atoms with Crippen molar-refractivity contribution in [3.8, 4) is 5.75 Å². The second-order valence-corrected chi connectivity index (χ2v) is 14.7. The van der Waals surface area contributed by atoms with E-state index in [2.05, 4.69) is 24.9 Å². The normalized spacial score (nSPS) is 23.0.